The van der Waals surface area contributed by atoms with Crippen molar-refractivity contribution in [3.8, 4) is 0 Å². The number of aryl methyl sites for hydroxylation is 2. The summed E-state index contributed by atoms with van der Waals surface area (Å²) in [5.74, 6) is -1.86. The van der Waals surface area contributed by atoms with Gasteiger partial charge in [-0.15, -0.1) is 0 Å². The number of benzene rings is 2. The van der Waals surface area contributed by atoms with E-state index in [2.05, 4.69) is 0 Å². The van der Waals surface area contributed by atoms with E-state index in [1.807, 2.05) is 32.0 Å². The summed E-state index contributed by atoms with van der Waals surface area (Å²) in [6, 6.07) is 9.12. The number of hydrogen-bond acceptors (Lipinski definition) is 1. The van der Waals surface area contributed by atoms with Gasteiger partial charge in [-0.25, -0.2) is 8.78 Å². The first-order valence-electron chi connectivity index (χ1n) is 5.70. The second-order valence-corrected chi connectivity index (χ2v) is 4.38. The van der Waals surface area contributed by atoms with E-state index in [-0.39, 0.29) is 0 Å². The van der Waals surface area contributed by atoms with Gasteiger partial charge in [0.15, 0.2) is 11.6 Å². The molecule has 1 nitrogen and oxygen atoms in total. The van der Waals surface area contributed by atoms with E-state index >= 15 is 0 Å². The molecule has 0 saturated carbocycles. The van der Waals surface area contributed by atoms with Crippen LogP contribution >= 0.6 is 0 Å². The molecule has 0 heterocycles. The van der Waals surface area contributed by atoms with Crippen LogP contribution < -0.4 is 0 Å². The Balaban J connectivity index is 2.48. The maximum Gasteiger partial charge on any atom is 0.159 e. The third kappa shape index (κ3) is 2.27. The molecule has 18 heavy (non-hydrogen) atoms. The molecule has 1 atom stereocenters. The maximum absolute atomic E-state index is 13.2. The van der Waals surface area contributed by atoms with Gasteiger partial charge >= 0.3 is 0 Å². The molecule has 0 aliphatic heterocycles. The molecule has 94 valence electrons. The van der Waals surface area contributed by atoms with E-state index in [4.69, 9.17) is 0 Å². The third-order valence-electron chi connectivity index (χ3n) is 3.07. The lowest BCUT2D eigenvalue weighted by Crippen LogP contribution is -2.05. The van der Waals surface area contributed by atoms with Crippen LogP contribution in [0.2, 0.25) is 0 Å². The van der Waals surface area contributed by atoms with Crippen molar-refractivity contribution in [2.24, 2.45) is 0 Å². The SMILES string of the molecule is Cc1cccc(C)c1C(O)c1ccc(F)c(F)c1. The van der Waals surface area contributed by atoms with Crippen molar-refractivity contribution < 1.29 is 13.9 Å². The fraction of sp³-hybridized carbons (Fsp3) is 0.200. The summed E-state index contributed by atoms with van der Waals surface area (Å²) in [7, 11) is 0. The van der Waals surface area contributed by atoms with E-state index < -0.39 is 17.7 Å². The van der Waals surface area contributed by atoms with Gasteiger partial charge in [-0.2, -0.15) is 0 Å². The van der Waals surface area contributed by atoms with E-state index in [1.165, 1.54) is 6.07 Å². The number of hydrogen-bond donors (Lipinski definition) is 1. The Hall–Kier alpha value is -1.74. The number of rotatable bonds is 2. The van der Waals surface area contributed by atoms with Gasteiger partial charge in [0, 0.05) is 0 Å². The van der Waals surface area contributed by atoms with Gasteiger partial charge in [0.2, 0.25) is 0 Å². The van der Waals surface area contributed by atoms with Gasteiger partial charge in [-0.1, -0.05) is 24.3 Å². The van der Waals surface area contributed by atoms with Crippen molar-refractivity contribution in [2.45, 2.75) is 20.0 Å². The fourth-order valence-electron chi connectivity index (χ4n) is 2.11. The first-order chi connectivity index (χ1) is 8.50. The molecule has 2 aromatic rings. The van der Waals surface area contributed by atoms with E-state index in [1.54, 1.807) is 0 Å². The summed E-state index contributed by atoms with van der Waals surface area (Å²) in [4.78, 5) is 0. The molecule has 0 aliphatic rings. The summed E-state index contributed by atoms with van der Waals surface area (Å²) in [6.45, 7) is 3.76. The van der Waals surface area contributed by atoms with Gasteiger partial charge in [-0.3, -0.25) is 0 Å². The predicted molar refractivity (Wildman–Crippen MR) is 66.3 cm³/mol. The highest BCUT2D eigenvalue weighted by molar-refractivity contribution is 5.40. The zero-order valence-corrected chi connectivity index (χ0v) is 10.2. The largest absolute Gasteiger partial charge is 0.384 e. The molecule has 0 amide bonds. The van der Waals surface area contributed by atoms with Crippen LogP contribution in [-0.4, -0.2) is 5.11 Å². The zero-order chi connectivity index (χ0) is 13.3. The summed E-state index contributed by atoms with van der Waals surface area (Å²) >= 11 is 0. The Bertz CT molecular complexity index is 558. The van der Waals surface area contributed by atoms with Crippen LogP contribution in [0.15, 0.2) is 36.4 Å². The summed E-state index contributed by atoms with van der Waals surface area (Å²) in [5, 5.41) is 10.3. The molecule has 0 radical (unpaired) electrons. The Morgan fingerprint density at radius 1 is 0.944 bits per heavy atom. The molecule has 1 N–H and O–H groups in total. The third-order valence-corrected chi connectivity index (χ3v) is 3.07. The molecule has 1 unspecified atom stereocenters. The predicted octanol–water partition coefficient (Wildman–Crippen LogP) is 3.66. The van der Waals surface area contributed by atoms with Crippen LogP contribution in [0.3, 0.4) is 0 Å². The van der Waals surface area contributed by atoms with Crippen molar-refractivity contribution in [3.05, 3.63) is 70.3 Å². The normalized spacial score (nSPS) is 12.5. The second kappa shape index (κ2) is 4.86. The lowest BCUT2D eigenvalue weighted by atomic mass is 9.93. The molecule has 0 saturated heterocycles. The zero-order valence-electron chi connectivity index (χ0n) is 10.2. The number of aliphatic hydroxyl groups is 1. The highest BCUT2D eigenvalue weighted by atomic mass is 19.2. The van der Waals surface area contributed by atoms with Crippen LogP contribution in [0.4, 0.5) is 8.78 Å². The minimum absolute atomic E-state index is 0.353. The first-order valence-corrected chi connectivity index (χ1v) is 5.70. The van der Waals surface area contributed by atoms with Gasteiger partial charge < -0.3 is 5.11 Å². The lowest BCUT2D eigenvalue weighted by molar-refractivity contribution is 0.218. The van der Waals surface area contributed by atoms with Gasteiger partial charge in [-0.05, 0) is 48.2 Å². The van der Waals surface area contributed by atoms with Crippen LogP contribution in [-0.2, 0) is 0 Å². The maximum atomic E-state index is 13.2. The smallest absolute Gasteiger partial charge is 0.159 e. The highest BCUT2D eigenvalue weighted by Gasteiger charge is 2.16. The Morgan fingerprint density at radius 2 is 1.56 bits per heavy atom. The molecule has 0 aliphatic carbocycles. The lowest BCUT2D eigenvalue weighted by Gasteiger charge is -2.17. The van der Waals surface area contributed by atoms with Gasteiger partial charge in [0.1, 0.15) is 6.10 Å². The first kappa shape index (κ1) is 12.7. The van der Waals surface area contributed by atoms with E-state index in [0.29, 0.717) is 5.56 Å². The van der Waals surface area contributed by atoms with Gasteiger partial charge in [0.25, 0.3) is 0 Å². The average Bonchev–Trinajstić information content (AvgIpc) is 2.32. The fourth-order valence-corrected chi connectivity index (χ4v) is 2.11. The van der Waals surface area contributed by atoms with E-state index in [9.17, 15) is 13.9 Å². The van der Waals surface area contributed by atoms with Crippen molar-refractivity contribution in [1.82, 2.24) is 0 Å². The topological polar surface area (TPSA) is 20.2 Å². The number of halogens is 2. The van der Waals surface area contributed by atoms with Crippen LogP contribution in [0, 0.1) is 25.5 Å². The molecule has 0 spiro atoms. The van der Waals surface area contributed by atoms with Crippen LogP contribution in [0.1, 0.15) is 28.4 Å². The minimum Gasteiger partial charge on any atom is -0.384 e. The Kier molecular flexibility index (Phi) is 3.43. The number of aliphatic hydroxyl groups excluding tert-OH is 1. The Morgan fingerprint density at radius 3 is 2.11 bits per heavy atom. The van der Waals surface area contributed by atoms with Crippen molar-refractivity contribution in [3.63, 3.8) is 0 Å². The minimum atomic E-state index is -0.946. The van der Waals surface area contributed by atoms with Crippen LogP contribution in [0.5, 0.6) is 0 Å². The van der Waals surface area contributed by atoms with Crippen molar-refractivity contribution >= 4 is 0 Å². The summed E-state index contributed by atoms with van der Waals surface area (Å²) in [6.07, 6.45) is -0.943. The molecular weight excluding hydrogens is 234 g/mol. The van der Waals surface area contributed by atoms with Gasteiger partial charge in [0.05, 0.1) is 0 Å². The molecule has 3 heteroatoms. The quantitative estimate of drug-likeness (QED) is 0.859. The summed E-state index contributed by atoms with van der Waals surface area (Å²) < 4.78 is 26.0. The monoisotopic (exact) mass is 248 g/mol. The van der Waals surface area contributed by atoms with Crippen molar-refractivity contribution in [2.75, 3.05) is 0 Å². The standard InChI is InChI=1S/C15H14F2O/c1-9-4-3-5-10(2)14(9)15(18)11-6-7-12(16)13(17)8-11/h3-8,15,18H,1-2H3. The molecule has 0 aromatic heterocycles. The molecule has 2 aromatic carbocycles. The molecule has 2 rings (SSSR count). The van der Waals surface area contributed by atoms with Crippen LogP contribution in [0.25, 0.3) is 0 Å². The highest BCUT2D eigenvalue weighted by Crippen LogP contribution is 2.28. The summed E-state index contributed by atoms with van der Waals surface area (Å²) in [5.41, 5.74) is 2.94. The van der Waals surface area contributed by atoms with Crippen molar-refractivity contribution in [1.29, 1.82) is 0 Å². The second-order valence-electron chi connectivity index (χ2n) is 4.38. The molecule has 0 fully saturated rings. The Labute approximate surface area is 105 Å². The molecule has 0 bridgehead atoms. The average molecular weight is 248 g/mol. The molecular formula is C15H14F2O. The van der Waals surface area contributed by atoms with E-state index in [0.717, 1.165) is 28.8 Å².